The molecule has 0 spiro atoms. The lowest BCUT2D eigenvalue weighted by Crippen LogP contribution is -1.95. The lowest BCUT2D eigenvalue weighted by molar-refractivity contribution is 0.311. The predicted octanol–water partition coefficient (Wildman–Crippen LogP) is 1.94. The maximum atomic E-state index is 5.26. The van der Waals surface area contributed by atoms with Crippen molar-refractivity contribution < 1.29 is 4.74 Å². The van der Waals surface area contributed by atoms with E-state index in [1.54, 1.807) is 6.20 Å². The number of aromatic nitrogens is 1. The van der Waals surface area contributed by atoms with Crippen LogP contribution in [0.2, 0.25) is 0 Å². The topological polar surface area (TPSA) is 22.1 Å². The first-order valence-corrected chi connectivity index (χ1v) is 4.27. The van der Waals surface area contributed by atoms with Gasteiger partial charge in [0.25, 0.3) is 5.19 Å². The van der Waals surface area contributed by atoms with E-state index in [9.17, 15) is 0 Å². The first-order valence-electron chi connectivity index (χ1n) is 3.39. The van der Waals surface area contributed by atoms with Crippen LogP contribution in [0.4, 0.5) is 0 Å². The molecule has 11 heavy (non-hydrogen) atoms. The lowest BCUT2D eigenvalue weighted by atomic mass is 10.3. The molecule has 0 radical (unpaired) electrons. The molecule has 3 heteroatoms. The highest BCUT2D eigenvalue weighted by molar-refractivity contribution is 7.11. The van der Waals surface area contributed by atoms with Gasteiger partial charge in [0.1, 0.15) is 0 Å². The van der Waals surface area contributed by atoms with Gasteiger partial charge in [-0.1, -0.05) is 11.3 Å². The zero-order valence-corrected chi connectivity index (χ0v) is 6.93. The molecule has 0 fully saturated rings. The van der Waals surface area contributed by atoms with Gasteiger partial charge in [-0.3, -0.25) is 0 Å². The van der Waals surface area contributed by atoms with Crippen molar-refractivity contribution in [3.05, 3.63) is 11.6 Å². The average Bonchev–Trinajstić information content (AvgIpc) is 2.50. The minimum absolute atomic E-state index is 0.664. The molecular weight excluding hydrogens is 158 g/mol. The maximum absolute atomic E-state index is 5.26. The van der Waals surface area contributed by atoms with Gasteiger partial charge in [0, 0.05) is 18.0 Å². The molecule has 58 valence electrons. The molecule has 0 N–H and O–H groups in total. The van der Waals surface area contributed by atoms with Gasteiger partial charge < -0.3 is 4.74 Å². The number of nitrogens with zero attached hydrogens (tertiary/aromatic N) is 1. The number of ether oxygens (including phenoxy) is 1. The molecule has 0 saturated carbocycles. The van der Waals surface area contributed by atoms with Gasteiger partial charge in [-0.15, -0.1) is 12.3 Å². The van der Waals surface area contributed by atoms with Crippen molar-refractivity contribution in [1.82, 2.24) is 4.98 Å². The third kappa shape index (κ3) is 3.06. The van der Waals surface area contributed by atoms with Crippen LogP contribution in [0.1, 0.15) is 12.8 Å². The molecule has 1 aromatic heterocycles. The zero-order chi connectivity index (χ0) is 7.94. The monoisotopic (exact) mass is 167 g/mol. The number of hydrogen-bond acceptors (Lipinski definition) is 3. The second-order valence-electron chi connectivity index (χ2n) is 1.95. The molecule has 0 aliphatic rings. The third-order valence-electron chi connectivity index (χ3n) is 1.10. The van der Waals surface area contributed by atoms with E-state index in [0.29, 0.717) is 6.61 Å². The molecule has 0 aromatic carbocycles. The maximum Gasteiger partial charge on any atom is 0.273 e. The second kappa shape index (κ2) is 4.75. The lowest BCUT2D eigenvalue weighted by Gasteiger charge is -1.97. The molecule has 0 amide bonds. The summed E-state index contributed by atoms with van der Waals surface area (Å²) >= 11 is 1.50. The molecule has 0 aliphatic heterocycles. The molecule has 0 bridgehead atoms. The number of unbranched alkanes of at least 4 members (excludes halogenated alkanes) is 1. The zero-order valence-electron chi connectivity index (χ0n) is 6.12. The molecule has 0 aliphatic carbocycles. The van der Waals surface area contributed by atoms with E-state index in [2.05, 4.69) is 10.9 Å². The van der Waals surface area contributed by atoms with Crippen LogP contribution in [0.25, 0.3) is 0 Å². The summed E-state index contributed by atoms with van der Waals surface area (Å²) in [5.41, 5.74) is 0. The van der Waals surface area contributed by atoms with Gasteiger partial charge in [-0.05, 0) is 6.42 Å². The van der Waals surface area contributed by atoms with Gasteiger partial charge in [0.15, 0.2) is 0 Å². The average molecular weight is 167 g/mol. The summed E-state index contributed by atoms with van der Waals surface area (Å²) in [7, 11) is 0. The van der Waals surface area contributed by atoms with Crippen LogP contribution in [0.3, 0.4) is 0 Å². The summed E-state index contributed by atoms with van der Waals surface area (Å²) in [6.45, 7) is 0.664. The fraction of sp³-hybridized carbons (Fsp3) is 0.375. The van der Waals surface area contributed by atoms with Crippen LogP contribution in [0.15, 0.2) is 11.6 Å². The molecule has 1 heterocycles. The highest BCUT2D eigenvalue weighted by Crippen LogP contribution is 2.13. The molecule has 0 atom stereocenters. The Morgan fingerprint density at radius 3 is 3.27 bits per heavy atom. The first kappa shape index (κ1) is 8.09. The van der Waals surface area contributed by atoms with E-state index in [-0.39, 0.29) is 0 Å². The Morgan fingerprint density at radius 1 is 1.73 bits per heavy atom. The Morgan fingerprint density at radius 2 is 2.64 bits per heavy atom. The van der Waals surface area contributed by atoms with Crippen molar-refractivity contribution >= 4 is 11.3 Å². The molecule has 0 unspecified atom stereocenters. The van der Waals surface area contributed by atoms with Crippen molar-refractivity contribution in [3.8, 4) is 17.5 Å². The molecule has 1 rings (SSSR count). The van der Waals surface area contributed by atoms with E-state index in [1.165, 1.54) is 11.3 Å². The largest absolute Gasteiger partial charge is 0.470 e. The minimum Gasteiger partial charge on any atom is -0.470 e. The summed E-state index contributed by atoms with van der Waals surface area (Å²) < 4.78 is 5.26. The van der Waals surface area contributed by atoms with Crippen molar-refractivity contribution in [2.45, 2.75) is 12.8 Å². The smallest absolute Gasteiger partial charge is 0.273 e. The fourth-order valence-electron chi connectivity index (χ4n) is 0.615. The van der Waals surface area contributed by atoms with E-state index in [1.807, 2.05) is 5.38 Å². The van der Waals surface area contributed by atoms with E-state index in [4.69, 9.17) is 11.2 Å². The SMILES string of the molecule is C#CCCCOc1nccs1. The highest BCUT2D eigenvalue weighted by atomic mass is 32.1. The normalized spacial score (nSPS) is 9.00. The Balaban J connectivity index is 2.10. The van der Waals surface area contributed by atoms with E-state index in [0.717, 1.165) is 18.0 Å². The van der Waals surface area contributed by atoms with Crippen molar-refractivity contribution in [2.75, 3.05) is 6.61 Å². The van der Waals surface area contributed by atoms with Gasteiger partial charge in [0.05, 0.1) is 6.61 Å². The van der Waals surface area contributed by atoms with Crippen molar-refractivity contribution in [3.63, 3.8) is 0 Å². The van der Waals surface area contributed by atoms with Gasteiger partial charge in [0.2, 0.25) is 0 Å². The Hall–Kier alpha value is -1.01. The van der Waals surface area contributed by atoms with Crippen LogP contribution in [-0.2, 0) is 0 Å². The molecule has 1 aromatic rings. The predicted molar refractivity (Wildman–Crippen MR) is 45.7 cm³/mol. The fourth-order valence-corrected chi connectivity index (χ4v) is 1.13. The first-order chi connectivity index (χ1) is 5.43. The molecule has 2 nitrogen and oxygen atoms in total. The quantitative estimate of drug-likeness (QED) is 0.505. The summed E-state index contributed by atoms with van der Waals surface area (Å²) in [6.07, 6.45) is 8.46. The van der Waals surface area contributed by atoms with Gasteiger partial charge >= 0.3 is 0 Å². The summed E-state index contributed by atoms with van der Waals surface area (Å²) in [6, 6.07) is 0. The minimum atomic E-state index is 0.664. The third-order valence-corrected chi connectivity index (χ3v) is 1.78. The van der Waals surface area contributed by atoms with Gasteiger partial charge in [-0.25, -0.2) is 4.98 Å². The van der Waals surface area contributed by atoms with Crippen molar-refractivity contribution in [1.29, 1.82) is 0 Å². The summed E-state index contributed by atoms with van der Waals surface area (Å²) in [5.74, 6) is 2.55. The Bertz CT molecular complexity index is 225. The summed E-state index contributed by atoms with van der Waals surface area (Å²) in [4.78, 5) is 3.96. The molecule has 0 saturated heterocycles. The number of rotatable bonds is 4. The van der Waals surface area contributed by atoms with Crippen LogP contribution in [-0.4, -0.2) is 11.6 Å². The number of hydrogen-bond donors (Lipinski definition) is 0. The summed E-state index contributed by atoms with van der Waals surface area (Å²) in [5, 5.41) is 2.61. The highest BCUT2D eigenvalue weighted by Gasteiger charge is 1.93. The van der Waals surface area contributed by atoms with E-state index >= 15 is 0 Å². The van der Waals surface area contributed by atoms with Crippen molar-refractivity contribution in [2.24, 2.45) is 0 Å². The van der Waals surface area contributed by atoms with Crippen LogP contribution >= 0.6 is 11.3 Å². The number of terminal acetylenes is 1. The Kier molecular flexibility index (Phi) is 3.49. The second-order valence-corrected chi connectivity index (χ2v) is 2.81. The van der Waals surface area contributed by atoms with E-state index < -0.39 is 0 Å². The molecular formula is C8H9NOS. The van der Waals surface area contributed by atoms with Gasteiger partial charge in [-0.2, -0.15) is 0 Å². The Labute approximate surface area is 70.2 Å². The number of thiazole rings is 1. The van der Waals surface area contributed by atoms with Crippen LogP contribution in [0.5, 0.6) is 5.19 Å². The van der Waals surface area contributed by atoms with Crippen LogP contribution in [0, 0.1) is 12.3 Å². The standard InChI is InChI=1S/C8H9NOS/c1-2-3-4-6-10-8-9-5-7-11-8/h1,5,7H,3-4,6H2. The van der Waals surface area contributed by atoms with Crippen LogP contribution < -0.4 is 4.74 Å².